The van der Waals surface area contributed by atoms with Gasteiger partial charge in [-0.15, -0.1) is 0 Å². The van der Waals surface area contributed by atoms with Crippen molar-refractivity contribution in [3.8, 4) is 0 Å². The van der Waals surface area contributed by atoms with Crippen molar-refractivity contribution in [3.63, 3.8) is 0 Å². The van der Waals surface area contributed by atoms with Gasteiger partial charge in [0.1, 0.15) is 5.69 Å². The smallest absolute Gasteiger partial charge is 0.271 e. The molecular weight excluding hydrogens is 308 g/mol. The van der Waals surface area contributed by atoms with Crippen LogP contribution in [0.1, 0.15) is 41.4 Å². The van der Waals surface area contributed by atoms with Gasteiger partial charge in [0.15, 0.2) is 0 Å². The van der Waals surface area contributed by atoms with Gasteiger partial charge < -0.3 is 14.8 Å². The Morgan fingerprint density at radius 2 is 2.12 bits per heavy atom. The number of morpholine rings is 1. The molecule has 2 atom stereocenters. The fourth-order valence-corrected chi connectivity index (χ4v) is 3.70. The van der Waals surface area contributed by atoms with E-state index >= 15 is 0 Å². The second kappa shape index (κ2) is 7.21. The lowest BCUT2D eigenvalue weighted by molar-refractivity contribution is 0.00165. The first-order chi connectivity index (χ1) is 11.8. The zero-order valence-electron chi connectivity index (χ0n) is 14.0. The molecule has 2 N–H and O–H groups in total. The maximum absolute atomic E-state index is 12.4. The Kier molecular flexibility index (Phi) is 4.82. The number of H-pyrrole nitrogens is 1. The highest BCUT2D eigenvalue weighted by Crippen LogP contribution is 2.38. The Bertz CT molecular complexity index is 560. The van der Waals surface area contributed by atoms with E-state index in [2.05, 4.69) is 20.4 Å². The molecule has 3 fully saturated rings. The number of nitrogens with zero attached hydrogens (tertiary/aromatic N) is 2. The summed E-state index contributed by atoms with van der Waals surface area (Å²) in [6.07, 6.45) is 3.46. The highest BCUT2D eigenvalue weighted by atomic mass is 16.5. The normalized spacial score (nSPS) is 26.4. The molecule has 0 unspecified atom stereocenters. The van der Waals surface area contributed by atoms with Gasteiger partial charge in [0.25, 0.3) is 5.91 Å². The Morgan fingerprint density at radius 1 is 1.29 bits per heavy atom. The quantitative estimate of drug-likeness (QED) is 0.803. The molecule has 1 aromatic rings. The zero-order chi connectivity index (χ0) is 16.4. The fraction of sp³-hybridized carbons (Fsp3) is 0.765. The van der Waals surface area contributed by atoms with Crippen molar-refractivity contribution in [3.05, 3.63) is 17.5 Å². The molecule has 3 aliphatic rings. The molecule has 1 saturated carbocycles. The van der Waals surface area contributed by atoms with Gasteiger partial charge in [0.05, 0.1) is 19.8 Å². The van der Waals surface area contributed by atoms with Crippen molar-refractivity contribution in [1.29, 1.82) is 0 Å². The largest absolute Gasteiger partial charge is 0.381 e. The lowest BCUT2D eigenvalue weighted by Gasteiger charge is -2.37. The third-order valence-corrected chi connectivity index (χ3v) is 5.34. The highest BCUT2D eigenvalue weighted by Gasteiger charge is 2.32. The van der Waals surface area contributed by atoms with E-state index in [9.17, 15) is 4.79 Å². The van der Waals surface area contributed by atoms with Gasteiger partial charge >= 0.3 is 0 Å². The number of carbonyl (C=O) groups is 1. The van der Waals surface area contributed by atoms with E-state index in [-0.39, 0.29) is 5.91 Å². The summed E-state index contributed by atoms with van der Waals surface area (Å²) in [5.74, 6) is 0.968. The molecular formula is C17H26N4O3. The lowest BCUT2D eigenvalue weighted by atomic mass is 9.97. The third-order valence-electron chi connectivity index (χ3n) is 5.34. The Labute approximate surface area is 142 Å². The van der Waals surface area contributed by atoms with Crippen molar-refractivity contribution in [1.82, 2.24) is 20.4 Å². The minimum atomic E-state index is -0.0877. The summed E-state index contributed by atoms with van der Waals surface area (Å²) in [6, 6.07) is 2.21. The van der Waals surface area contributed by atoms with Crippen molar-refractivity contribution in [2.24, 2.45) is 5.92 Å². The van der Waals surface area contributed by atoms with E-state index in [1.807, 2.05) is 6.07 Å². The maximum Gasteiger partial charge on any atom is 0.271 e. The number of nitrogens with one attached hydrogen (secondary N) is 2. The van der Waals surface area contributed by atoms with Crippen LogP contribution in [0.2, 0.25) is 0 Å². The molecule has 0 aromatic carbocycles. The summed E-state index contributed by atoms with van der Waals surface area (Å²) in [4.78, 5) is 14.9. The molecule has 7 heteroatoms. The predicted molar refractivity (Wildman–Crippen MR) is 88.0 cm³/mol. The van der Waals surface area contributed by atoms with Gasteiger partial charge in [-0.2, -0.15) is 5.10 Å². The number of hydrogen-bond donors (Lipinski definition) is 2. The van der Waals surface area contributed by atoms with Crippen LogP contribution in [0, 0.1) is 5.92 Å². The van der Waals surface area contributed by atoms with Crippen LogP contribution < -0.4 is 5.32 Å². The van der Waals surface area contributed by atoms with E-state index in [1.54, 1.807) is 0 Å². The summed E-state index contributed by atoms with van der Waals surface area (Å²) in [6.45, 7) is 5.62. The van der Waals surface area contributed by atoms with Crippen LogP contribution in [0.4, 0.5) is 0 Å². The van der Waals surface area contributed by atoms with E-state index in [1.165, 1.54) is 12.8 Å². The topological polar surface area (TPSA) is 79.5 Å². The minimum Gasteiger partial charge on any atom is -0.381 e. The van der Waals surface area contributed by atoms with Crippen molar-refractivity contribution < 1.29 is 14.3 Å². The van der Waals surface area contributed by atoms with Gasteiger partial charge in [0.2, 0.25) is 0 Å². The number of ether oxygens (including phenoxy) is 2. The number of rotatable bonds is 6. The molecule has 0 spiro atoms. The van der Waals surface area contributed by atoms with Crippen molar-refractivity contribution in [2.75, 3.05) is 46.1 Å². The molecule has 132 valence electrons. The molecule has 24 heavy (non-hydrogen) atoms. The predicted octanol–water partition coefficient (Wildman–Crippen LogP) is 0.754. The lowest BCUT2D eigenvalue weighted by Crippen LogP contribution is -2.52. The average Bonchev–Trinajstić information content (AvgIpc) is 3.12. The molecule has 2 saturated heterocycles. The molecule has 1 aromatic heterocycles. The first kappa shape index (κ1) is 16.1. The SMILES string of the molecule is O=C(NC[C@@H]([C@H]1CCOC1)N1CCOCC1)c1cc(C2CC2)[nH]n1. The van der Waals surface area contributed by atoms with Crippen LogP contribution >= 0.6 is 0 Å². The Hall–Kier alpha value is -1.44. The number of aromatic nitrogens is 2. The number of amides is 1. The van der Waals surface area contributed by atoms with Gasteiger partial charge in [-0.3, -0.25) is 14.8 Å². The molecule has 0 radical (unpaired) electrons. The molecule has 1 amide bonds. The van der Waals surface area contributed by atoms with Crippen LogP contribution in [-0.4, -0.2) is 73.1 Å². The van der Waals surface area contributed by atoms with Gasteiger partial charge in [-0.1, -0.05) is 0 Å². The third kappa shape index (κ3) is 3.63. The van der Waals surface area contributed by atoms with Gasteiger partial charge in [-0.05, 0) is 25.3 Å². The van der Waals surface area contributed by atoms with Crippen molar-refractivity contribution in [2.45, 2.75) is 31.2 Å². The van der Waals surface area contributed by atoms with Crippen LogP contribution in [0.5, 0.6) is 0 Å². The first-order valence-electron chi connectivity index (χ1n) is 9.04. The average molecular weight is 334 g/mol. The fourth-order valence-electron chi connectivity index (χ4n) is 3.70. The highest BCUT2D eigenvalue weighted by molar-refractivity contribution is 5.92. The Balaban J connectivity index is 1.36. The molecule has 0 bridgehead atoms. The van der Waals surface area contributed by atoms with Crippen LogP contribution in [0.3, 0.4) is 0 Å². The summed E-state index contributed by atoms with van der Waals surface area (Å²) in [5.41, 5.74) is 1.59. The molecule has 3 heterocycles. The van der Waals surface area contributed by atoms with Gasteiger partial charge in [-0.25, -0.2) is 0 Å². The van der Waals surface area contributed by atoms with Gasteiger partial charge in [0, 0.05) is 49.8 Å². The van der Waals surface area contributed by atoms with E-state index in [0.29, 0.717) is 30.1 Å². The molecule has 1 aliphatic carbocycles. The number of aromatic amines is 1. The second-order valence-electron chi connectivity index (χ2n) is 7.03. The number of hydrogen-bond acceptors (Lipinski definition) is 5. The summed E-state index contributed by atoms with van der Waals surface area (Å²) >= 11 is 0. The van der Waals surface area contributed by atoms with Crippen LogP contribution in [0.25, 0.3) is 0 Å². The molecule has 4 rings (SSSR count). The monoisotopic (exact) mass is 334 g/mol. The van der Waals surface area contributed by atoms with Crippen LogP contribution in [-0.2, 0) is 9.47 Å². The Morgan fingerprint density at radius 3 is 2.83 bits per heavy atom. The van der Waals surface area contributed by atoms with E-state index in [4.69, 9.17) is 9.47 Å². The van der Waals surface area contributed by atoms with Crippen LogP contribution in [0.15, 0.2) is 6.07 Å². The summed E-state index contributed by atoms with van der Waals surface area (Å²) in [5, 5.41) is 10.3. The molecule has 7 nitrogen and oxygen atoms in total. The van der Waals surface area contributed by atoms with E-state index in [0.717, 1.165) is 51.6 Å². The summed E-state index contributed by atoms with van der Waals surface area (Å²) < 4.78 is 11.0. The molecule has 2 aliphatic heterocycles. The van der Waals surface area contributed by atoms with Crippen molar-refractivity contribution >= 4 is 5.91 Å². The number of carbonyl (C=O) groups excluding carboxylic acids is 1. The minimum absolute atomic E-state index is 0.0877. The first-order valence-corrected chi connectivity index (χ1v) is 9.04. The maximum atomic E-state index is 12.4. The zero-order valence-corrected chi connectivity index (χ0v) is 14.0. The summed E-state index contributed by atoms with van der Waals surface area (Å²) in [7, 11) is 0. The second-order valence-corrected chi connectivity index (χ2v) is 7.03. The van der Waals surface area contributed by atoms with E-state index < -0.39 is 0 Å². The standard InChI is InChI=1S/C17H26N4O3/c22-17(15-9-14(19-20-15)12-1-2-12)18-10-16(13-3-6-24-11-13)21-4-7-23-8-5-21/h9,12-13,16H,1-8,10-11H2,(H,18,22)(H,19,20)/t13-,16-/m0/s1.